The van der Waals surface area contributed by atoms with Crippen LogP contribution >= 0.6 is 11.3 Å². The normalized spacial score (nSPS) is 11.1. The van der Waals surface area contributed by atoms with Crippen molar-refractivity contribution >= 4 is 11.3 Å². The highest BCUT2D eigenvalue weighted by Gasteiger charge is 2.05. The molecule has 0 bridgehead atoms. The third-order valence-electron chi connectivity index (χ3n) is 4.02. The molecule has 3 aromatic heterocycles. The highest BCUT2D eigenvalue weighted by Crippen LogP contribution is 2.27. The molecule has 5 nitrogen and oxygen atoms in total. The summed E-state index contributed by atoms with van der Waals surface area (Å²) >= 11 is 1.81. The van der Waals surface area contributed by atoms with Crippen LogP contribution in [0, 0.1) is 0 Å². The number of nitrogens with zero attached hydrogens (tertiary/aromatic N) is 4. The van der Waals surface area contributed by atoms with E-state index in [4.69, 9.17) is 0 Å². The first-order chi connectivity index (χ1) is 12.3. The maximum Gasteiger partial charge on any atom is 0.0991 e. The van der Waals surface area contributed by atoms with Gasteiger partial charge in [0, 0.05) is 59.7 Å². The molecule has 0 aliphatic heterocycles. The maximum absolute atomic E-state index is 4.23. The van der Waals surface area contributed by atoms with E-state index >= 15 is 0 Å². The second kappa shape index (κ2) is 7.04. The average Bonchev–Trinajstić information content (AvgIpc) is 3.37. The predicted octanol–water partition coefficient (Wildman–Crippen LogP) is 3.62. The number of aryl methyl sites for hydroxylation is 1. The SMILES string of the molecule is Cn1cc(-c2ccc(CNCc3ccc(-n4ccnc4)cc3)s2)cn1. The number of nitrogens with one attached hydrogen (secondary N) is 1. The summed E-state index contributed by atoms with van der Waals surface area (Å²) < 4.78 is 3.84. The van der Waals surface area contributed by atoms with Crippen molar-refractivity contribution in [2.45, 2.75) is 13.1 Å². The molecular formula is C19H19N5S. The van der Waals surface area contributed by atoms with Gasteiger partial charge in [0.2, 0.25) is 0 Å². The van der Waals surface area contributed by atoms with Crippen LogP contribution < -0.4 is 5.32 Å². The van der Waals surface area contributed by atoms with E-state index in [0.717, 1.165) is 18.8 Å². The summed E-state index contributed by atoms with van der Waals surface area (Å²) in [6.07, 6.45) is 9.50. The Bertz CT molecular complexity index is 935. The fourth-order valence-electron chi connectivity index (χ4n) is 2.70. The highest BCUT2D eigenvalue weighted by atomic mass is 32.1. The highest BCUT2D eigenvalue weighted by molar-refractivity contribution is 7.15. The predicted molar refractivity (Wildman–Crippen MR) is 101 cm³/mol. The number of hydrogen-bond acceptors (Lipinski definition) is 4. The molecule has 4 rings (SSSR count). The van der Waals surface area contributed by atoms with Crippen molar-refractivity contribution in [1.29, 1.82) is 0 Å². The summed E-state index contributed by atoms with van der Waals surface area (Å²) in [5.41, 5.74) is 3.57. The van der Waals surface area contributed by atoms with Crippen molar-refractivity contribution in [2.24, 2.45) is 7.05 Å². The van der Waals surface area contributed by atoms with E-state index in [1.807, 2.05) is 52.6 Å². The molecule has 126 valence electrons. The summed E-state index contributed by atoms with van der Waals surface area (Å²) in [6, 6.07) is 12.9. The molecule has 0 fully saturated rings. The lowest BCUT2D eigenvalue weighted by molar-refractivity contribution is 0.701. The van der Waals surface area contributed by atoms with Gasteiger partial charge in [-0.15, -0.1) is 11.3 Å². The number of thiophene rings is 1. The van der Waals surface area contributed by atoms with Crippen molar-refractivity contribution in [1.82, 2.24) is 24.6 Å². The van der Waals surface area contributed by atoms with E-state index in [9.17, 15) is 0 Å². The zero-order valence-corrected chi connectivity index (χ0v) is 14.8. The number of rotatable bonds is 6. The van der Waals surface area contributed by atoms with Gasteiger partial charge in [0.25, 0.3) is 0 Å². The lowest BCUT2D eigenvalue weighted by atomic mass is 10.2. The van der Waals surface area contributed by atoms with Gasteiger partial charge in [-0.2, -0.15) is 5.10 Å². The van der Waals surface area contributed by atoms with E-state index in [1.54, 1.807) is 6.20 Å². The third-order valence-corrected chi connectivity index (χ3v) is 5.15. The first-order valence-corrected chi connectivity index (χ1v) is 8.95. The fraction of sp³-hybridized carbons (Fsp3) is 0.158. The topological polar surface area (TPSA) is 47.7 Å². The van der Waals surface area contributed by atoms with Crippen molar-refractivity contribution in [3.63, 3.8) is 0 Å². The number of benzene rings is 1. The molecule has 1 N–H and O–H groups in total. The summed E-state index contributed by atoms with van der Waals surface area (Å²) in [5.74, 6) is 0. The quantitative estimate of drug-likeness (QED) is 0.578. The van der Waals surface area contributed by atoms with Crippen molar-refractivity contribution < 1.29 is 0 Å². The molecule has 0 spiro atoms. The molecule has 0 atom stereocenters. The maximum atomic E-state index is 4.23. The molecule has 0 aliphatic rings. The van der Waals surface area contributed by atoms with Crippen molar-refractivity contribution in [3.05, 3.63) is 78.0 Å². The average molecular weight is 349 g/mol. The minimum absolute atomic E-state index is 0.852. The standard InChI is InChI=1S/C19H19N5S/c1-23-13-16(11-22-23)19-7-6-18(25-19)12-21-10-15-2-4-17(5-3-15)24-9-8-20-14-24/h2-9,11,13-14,21H,10,12H2,1H3. The molecule has 0 aliphatic carbocycles. The van der Waals surface area contributed by atoms with Crippen LogP contribution in [0.15, 0.2) is 67.5 Å². The van der Waals surface area contributed by atoms with E-state index in [-0.39, 0.29) is 0 Å². The Morgan fingerprint density at radius 2 is 1.96 bits per heavy atom. The van der Waals surface area contributed by atoms with E-state index in [2.05, 4.69) is 51.8 Å². The zero-order chi connectivity index (χ0) is 17.1. The van der Waals surface area contributed by atoms with Gasteiger partial charge in [0.05, 0.1) is 12.5 Å². The Morgan fingerprint density at radius 3 is 2.68 bits per heavy atom. The van der Waals surface area contributed by atoms with Crippen LogP contribution in [-0.2, 0) is 20.1 Å². The third kappa shape index (κ3) is 3.70. The first-order valence-electron chi connectivity index (χ1n) is 8.14. The fourth-order valence-corrected chi connectivity index (χ4v) is 3.66. The minimum Gasteiger partial charge on any atom is -0.308 e. The zero-order valence-electron chi connectivity index (χ0n) is 14.0. The molecule has 0 saturated heterocycles. The molecule has 4 aromatic rings. The van der Waals surface area contributed by atoms with Crippen LogP contribution in [0.5, 0.6) is 0 Å². The summed E-state index contributed by atoms with van der Waals surface area (Å²) in [5, 5.41) is 7.74. The van der Waals surface area contributed by atoms with Gasteiger partial charge < -0.3 is 9.88 Å². The monoisotopic (exact) mass is 349 g/mol. The van der Waals surface area contributed by atoms with Gasteiger partial charge in [-0.25, -0.2) is 4.98 Å². The van der Waals surface area contributed by atoms with Crippen LogP contribution in [0.3, 0.4) is 0 Å². The second-order valence-electron chi connectivity index (χ2n) is 5.91. The molecule has 1 aromatic carbocycles. The van der Waals surface area contributed by atoms with Crippen LogP contribution in [-0.4, -0.2) is 19.3 Å². The molecule has 3 heterocycles. The van der Waals surface area contributed by atoms with Crippen LogP contribution in [0.25, 0.3) is 16.1 Å². The minimum atomic E-state index is 0.852. The lowest BCUT2D eigenvalue weighted by Crippen LogP contribution is -2.11. The van der Waals surface area contributed by atoms with Gasteiger partial charge in [0.15, 0.2) is 0 Å². The Balaban J connectivity index is 1.33. The van der Waals surface area contributed by atoms with Crippen LogP contribution in [0.1, 0.15) is 10.4 Å². The van der Waals surface area contributed by atoms with Crippen molar-refractivity contribution in [3.8, 4) is 16.1 Å². The van der Waals surface area contributed by atoms with Gasteiger partial charge in [0.1, 0.15) is 0 Å². The van der Waals surface area contributed by atoms with Crippen LogP contribution in [0.2, 0.25) is 0 Å². The number of hydrogen-bond donors (Lipinski definition) is 1. The molecule has 0 radical (unpaired) electrons. The Hall–Kier alpha value is -2.70. The number of imidazole rings is 1. The van der Waals surface area contributed by atoms with Gasteiger partial charge in [-0.1, -0.05) is 12.1 Å². The largest absolute Gasteiger partial charge is 0.308 e. The molecule has 0 amide bonds. The van der Waals surface area contributed by atoms with Gasteiger partial charge >= 0.3 is 0 Å². The molecular weight excluding hydrogens is 330 g/mol. The van der Waals surface area contributed by atoms with Crippen molar-refractivity contribution in [2.75, 3.05) is 0 Å². The molecule has 0 unspecified atom stereocenters. The summed E-state index contributed by atoms with van der Waals surface area (Å²) in [4.78, 5) is 6.66. The summed E-state index contributed by atoms with van der Waals surface area (Å²) in [7, 11) is 1.94. The first kappa shape index (κ1) is 15.8. The van der Waals surface area contributed by atoms with E-state index in [1.165, 1.54) is 20.9 Å². The number of aromatic nitrogens is 4. The molecule has 25 heavy (non-hydrogen) atoms. The van der Waals surface area contributed by atoms with E-state index < -0.39 is 0 Å². The Labute approximate surface area is 150 Å². The smallest absolute Gasteiger partial charge is 0.0991 e. The van der Waals surface area contributed by atoms with E-state index in [0.29, 0.717) is 0 Å². The summed E-state index contributed by atoms with van der Waals surface area (Å²) in [6.45, 7) is 1.72. The molecule has 6 heteroatoms. The van der Waals surface area contributed by atoms with Gasteiger partial charge in [-0.05, 0) is 29.8 Å². The Morgan fingerprint density at radius 1 is 1.08 bits per heavy atom. The molecule has 0 saturated carbocycles. The van der Waals surface area contributed by atoms with Gasteiger partial charge in [-0.3, -0.25) is 4.68 Å². The van der Waals surface area contributed by atoms with Crippen LogP contribution in [0.4, 0.5) is 0 Å². The second-order valence-corrected chi connectivity index (χ2v) is 7.08. The lowest BCUT2D eigenvalue weighted by Gasteiger charge is -2.06. The Kier molecular flexibility index (Phi) is 4.45.